The van der Waals surface area contributed by atoms with E-state index < -0.39 is 0 Å². The van der Waals surface area contributed by atoms with Gasteiger partial charge < -0.3 is 18.6 Å². The summed E-state index contributed by atoms with van der Waals surface area (Å²) in [5, 5.41) is 10.7. The van der Waals surface area contributed by atoms with Gasteiger partial charge in [0.2, 0.25) is 11.6 Å². The minimum absolute atomic E-state index is 0.00571. The van der Waals surface area contributed by atoms with Crippen LogP contribution in [0, 0.1) is 0 Å². The first-order valence-corrected chi connectivity index (χ1v) is 12.2. The molecule has 0 atom stereocenters. The average molecular weight is 479 g/mol. The number of aromatic nitrogens is 2. The van der Waals surface area contributed by atoms with E-state index in [9.17, 15) is 4.79 Å². The Morgan fingerprint density at radius 1 is 0.853 bits per heavy atom. The molecule has 0 saturated carbocycles. The van der Waals surface area contributed by atoms with Gasteiger partial charge in [-0.2, -0.15) is 0 Å². The predicted octanol–water partition coefficient (Wildman–Crippen LogP) is 6.06. The fourth-order valence-corrected chi connectivity index (χ4v) is 4.13. The third kappa shape index (κ3) is 5.34. The van der Waals surface area contributed by atoms with Gasteiger partial charge in [-0.1, -0.05) is 48.2 Å². The van der Waals surface area contributed by atoms with Crippen LogP contribution in [0.4, 0.5) is 0 Å². The van der Waals surface area contributed by atoms with Crippen LogP contribution in [-0.2, 0) is 0 Å². The molecule has 0 aliphatic rings. The fourth-order valence-electron chi connectivity index (χ4n) is 3.47. The Morgan fingerprint density at radius 3 is 2.21 bits per heavy atom. The smallest absolute Gasteiger partial charge is 0.277 e. The summed E-state index contributed by atoms with van der Waals surface area (Å²) in [6.07, 6.45) is 0. The number of ether oxygens (including phenoxy) is 3. The second-order valence-electron chi connectivity index (χ2n) is 7.25. The maximum atomic E-state index is 12.7. The lowest BCUT2D eigenvalue weighted by Gasteiger charge is -2.16. The van der Waals surface area contributed by atoms with Crippen LogP contribution < -0.4 is 14.2 Å². The lowest BCUT2D eigenvalue weighted by molar-refractivity contribution is 0.102. The third-order valence-corrected chi connectivity index (χ3v) is 5.78. The van der Waals surface area contributed by atoms with Crippen molar-refractivity contribution in [2.24, 2.45) is 0 Å². The largest absolute Gasteiger partial charge is 0.490 e. The first kappa shape index (κ1) is 23.6. The summed E-state index contributed by atoms with van der Waals surface area (Å²) in [7, 11) is 0. The third-order valence-electron chi connectivity index (χ3n) is 4.96. The van der Waals surface area contributed by atoms with Crippen LogP contribution in [0.1, 0.15) is 31.1 Å². The molecular formula is C26H26N2O5S. The number of benzene rings is 3. The Hall–Kier alpha value is -3.52. The van der Waals surface area contributed by atoms with Gasteiger partial charge in [-0.05, 0) is 49.7 Å². The van der Waals surface area contributed by atoms with E-state index in [0.717, 1.165) is 10.8 Å². The minimum Gasteiger partial charge on any atom is -0.490 e. The Kier molecular flexibility index (Phi) is 7.69. The van der Waals surface area contributed by atoms with E-state index in [1.807, 2.05) is 63.2 Å². The number of hydrogen-bond donors (Lipinski definition) is 0. The highest BCUT2D eigenvalue weighted by Gasteiger charge is 2.19. The standard InChI is InChI=1S/C26H26N2O5S/c1-4-30-22-14-20(15-23(31-5-2)24(22)32-6-3)25-27-28-26(33-25)34-16-21(29)19-12-11-17-9-7-8-10-18(17)13-19/h7-15H,4-6,16H2,1-3H3. The number of thioether (sulfide) groups is 1. The van der Waals surface area contributed by atoms with Gasteiger partial charge >= 0.3 is 0 Å². The number of ketones is 1. The van der Waals surface area contributed by atoms with Crippen LogP contribution >= 0.6 is 11.8 Å². The van der Waals surface area contributed by atoms with Gasteiger partial charge in [0.25, 0.3) is 5.22 Å². The zero-order chi connectivity index (χ0) is 23.9. The quantitative estimate of drug-likeness (QED) is 0.190. The molecule has 0 fully saturated rings. The molecule has 1 aromatic heterocycles. The molecule has 34 heavy (non-hydrogen) atoms. The molecule has 0 N–H and O–H groups in total. The highest BCUT2D eigenvalue weighted by molar-refractivity contribution is 7.99. The van der Waals surface area contributed by atoms with E-state index in [0.29, 0.717) is 59.3 Å². The molecule has 0 amide bonds. The Bertz CT molecular complexity index is 1260. The summed E-state index contributed by atoms with van der Waals surface area (Å²) in [5.74, 6) is 2.13. The Morgan fingerprint density at radius 2 is 1.53 bits per heavy atom. The predicted molar refractivity (Wildman–Crippen MR) is 132 cm³/mol. The summed E-state index contributed by atoms with van der Waals surface area (Å²) in [5.41, 5.74) is 1.30. The van der Waals surface area contributed by atoms with Crippen LogP contribution in [0.2, 0.25) is 0 Å². The van der Waals surface area contributed by atoms with Crippen molar-refractivity contribution in [3.8, 4) is 28.7 Å². The summed E-state index contributed by atoms with van der Waals surface area (Å²) >= 11 is 1.21. The van der Waals surface area contributed by atoms with Crippen molar-refractivity contribution in [1.82, 2.24) is 10.2 Å². The van der Waals surface area contributed by atoms with E-state index in [-0.39, 0.29) is 11.5 Å². The van der Waals surface area contributed by atoms with Gasteiger partial charge in [0.05, 0.1) is 25.6 Å². The van der Waals surface area contributed by atoms with Gasteiger partial charge in [0, 0.05) is 11.1 Å². The lowest BCUT2D eigenvalue weighted by atomic mass is 10.1. The Balaban J connectivity index is 1.51. The van der Waals surface area contributed by atoms with Crippen LogP contribution in [0.25, 0.3) is 22.2 Å². The molecule has 0 spiro atoms. The summed E-state index contributed by atoms with van der Waals surface area (Å²) in [6, 6.07) is 17.2. The van der Waals surface area contributed by atoms with Crippen molar-refractivity contribution >= 4 is 28.3 Å². The first-order valence-electron chi connectivity index (χ1n) is 11.2. The van der Waals surface area contributed by atoms with Crippen LogP contribution in [0.3, 0.4) is 0 Å². The molecule has 0 aliphatic carbocycles. The second kappa shape index (κ2) is 11.1. The van der Waals surface area contributed by atoms with Crippen molar-refractivity contribution in [2.45, 2.75) is 26.0 Å². The van der Waals surface area contributed by atoms with E-state index in [2.05, 4.69) is 10.2 Å². The molecular weight excluding hydrogens is 452 g/mol. The SMILES string of the molecule is CCOc1cc(-c2nnc(SCC(=O)c3ccc4ccccc4c3)o2)cc(OCC)c1OCC. The van der Waals surface area contributed by atoms with Crippen molar-refractivity contribution in [1.29, 1.82) is 0 Å². The topological polar surface area (TPSA) is 83.7 Å². The number of carbonyl (C=O) groups excluding carboxylic acids is 1. The maximum Gasteiger partial charge on any atom is 0.277 e. The zero-order valence-corrected chi connectivity index (χ0v) is 20.2. The zero-order valence-electron chi connectivity index (χ0n) is 19.4. The molecule has 4 rings (SSSR count). The first-order chi connectivity index (χ1) is 16.6. The normalized spacial score (nSPS) is 10.9. The Labute approximate surface area is 202 Å². The molecule has 7 nitrogen and oxygen atoms in total. The fraction of sp³-hybridized carbons (Fsp3) is 0.269. The molecule has 1 heterocycles. The number of Topliss-reactive ketones (excluding diaryl/α,β-unsaturated/α-hetero) is 1. The molecule has 0 aliphatic heterocycles. The van der Waals surface area contributed by atoms with Gasteiger partial charge in [0.1, 0.15) is 0 Å². The average Bonchev–Trinajstić information content (AvgIpc) is 3.33. The van der Waals surface area contributed by atoms with E-state index in [4.69, 9.17) is 18.6 Å². The van der Waals surface area contributed by atoms with Gasteiger partial charge in [-0.3, -0.25) is 4.79 Å². The second-order valence-corrected chi connectivity index (χ2v) is 8.17. The number of fused-ring (bicyclic) bond motifs is 1. The van der Waals surface area contributed by atoms with Crippen LogP contribution in [0.15, 0.2) is 64.2 Å². The van der Waals surface area contributed by atoms with Gasteiger partial charge in [-0.25, -0.2) is 0 Å². The van der Waals surface area contributed by atoms with E-state index in [1.165, 1.54) is 11.8 Å². The molecule has 0 saturated heterocycles. The summed E-state index contributed by atoms with van der Waals surface area (Å²) in [4.78, 5) is 12.7. The maximum absolute atomic E-state index is 12.7. The van der Waals surface area contributed by atoms with Crippen LogP contribution in [0.5, 0.6) is 17.2 Å². The van der Waals surface area contributed by atoms with E-state index >= 15 is 0 Å². The van der Waals surface area contributed by atoms with Gasteiger partial charge in [0.15, 0.2) is 17.3 Å². The molecule has 0 unspecified atom stereocenters. The molecule has 0 radical (unpaired) electrons. The van der Waals surface area contributed by atoms with Crippen molar-refractivity contribution in [2.75, 3.05) is 25.6 Å². The highest BCUT2D eigenvalue weighted by atomic mass is 32.2. The highest BCUT2D eigenvalue weighted by Crippen LogP contribution is 2.42. The van der Waals surface area contributed by atoms with Gasteiger partial charge in [-0.15, -0.1) is 10.2 Å². The number of carbonyl (C=O) groups is 1. The summed E-state index contributed by atoms with van der Waals surface area (Å²) in [6.45, 7) is 7.12. The number of rotatable bonds is 11. The molecule has 0 bridgehead atoms. The van der Waals surface area contributed by atoms with E-state index in [1.54, 1.807) is 12.1 Å². The molecule has 8 heteroatoms. The lowest BCUT2D eigenvalue weighted by Crippen LogP contribution is -2.03. The molecule has 3 aromatic carbocycles. The summed E-state index contributed by atoms with van der Waals surface area (Å²) < 4.78 is 23.1. The number of hydrogen-bond acceptors (Lipinski definition) is 8. The van der Waals surface area contributed by atoms with Crippen molar-refractivity contribution < 1.29 is 23.4 Å². The van der Waals surface area contributed by atoms with Crippen molar-refractivity contribution in [3.63, 3.8) is 0 Å². The number of nitrogens with zero attached hydrogens (tertiary/aromatic N) is 2. The molecule has 4 aromatic rings. The minimum atomic E-state index is -0.00571. The van der Waals surface area contributed by atoms with Crippen LogP contribution in [-0.4, -0.2) is 41.6 Å². The van der Waals surface area contributed by atoms with Crippen molar-refractivity contribution in [3.05, 3.63) is 60.2 Å². The monoisotopic (exact) mass is 478 g/mol. The molecule has 176 valence electrons.